The van der Waals surface area contributed by atoms with Gasteiger partial charge in [-0.3, -0.25) is 0 Å². The van der Waals surface area contributed by atoms with Crippen molar-refractivity contribution in [2.45, 2.75) is 33.1 Å². The highest BCUT2D eigenvalue weighted by molar-refractivity contribution is 5.88. The number of pyridine rings is 1. The van der Waals surface area contributed by atoms with Gasteiger partial charge in [-0.1, -0.05) is 13.8 Å². The summed E-state index contributed by atoms with van der Waals surface area (Å²) in [5, 5.41) is 12.3. The molecule has 0 saturated heterocycles. The number of aromatic carboxylic acids is 1. The van der Waals surface area contributed by atoms with Gasteiger partial charge in [-0.05, 0) is 43.2 Å². The van der Waals surface area contributed by atoms with Crippen LogP contribution in [0.5, 0.6) is 0 Å². The van der Waals surface area contributed by atoms with Crippen LogP contribution in [0, 0.1) is 11.8 Å². The normalized spacial score (nSPS) is 16.3. The lowest BCUT2D eigenvalue weighted by Gasteiger charge is -2.13. The van der Waals surface area contributed by atoms with Crippen LogP contribution in [0.1, 0.15) is 42.7 Å². The van der Waals surface area contributed by atoms with Crippen molar-refractivity contribution in [2.24, 2.45) is 11.8 Å². The molecule has 1 aliphatic carbocycles. The average Bonchev–Trinajstić information content (AvgIpc) is 3.19. The average molecular weight is 248 g/mol. The Labute approximate surface area is 107 Å². The molecule has 1 fully saturated rings. The molecule has 98 valence electrons. The van der Waals surface area contributed by atoms with Gasteiger partial charge in [0.05, 0.1) is 5.56 Å². The Morgan fingerprint density at radius 1 is 1.56 bits per heavy atom. The van der Waals surface area contributed by atoms with Crippen molar-refractivity contribution in [1.82, 2.24) is 4.98 Å². The molecule has 2 rings (SSSR count). The second kappa shape index (κ2) is 5.38. The Balaban J connectivity index is 2.05. The number of anilines is 1. The first-order chi connectivity index (χ1) is 8.60. The molecule has 0 amide bonds. The third kappa shape index (κ3) is 3.22. The maximum atomic E-state index is 11.0. The highest BCUT2D eigenvalue weighted by Crippen LogP contribution is 2.36. The monoisotopic (exact) mass is 248 g/mol. The number of rotatable bonds is 6. The molecule has 1 atom stereocenters. The number of aryl methyl sites for hydroxylation is 1. The first-order valence-electron chi connectivity index (χ1n) is 6.58. The minimum absolute atomic E-state index is 0.309. The van der Waals surface area contributed by atoms with Crippen LogP contribution in [-0.2, 0) is 6.42 Å². The molecule has 0 radical (unpaired) electrons. The number of nitrogens with one attached hydrogen (secondary N) is 1. The fourth-order valence-corrected chi connectivity index (χ4v) is 2.08. The largest absolute Gasteiger partial charge is 0.478 e. The van der Waals surface area contributed by atoms with Crippen LogP contribution in [0.2, 0.25) is 0 Å². The summed E-state index contributed by atoms with van der Waals surface area (Å²) < 4.78 is 0. The molecule has 0 aromatic carbocycles. The minimum atomic E-state index is -0.898. The molecule has 0 aliphatic heterocycles. The van der Waals surface area contributed by atoms with Gasteiger partial charge in [0.15, 0.2) is 0 Å². The Morgan fingerprint density at radius 3 is 2.83 bits per heavy atom. The smallest absolute Gasteiger partial charge is 0.335 e. The first kappa shape index (κ1) is 12.9. The lowest BCUT2D eigenvalue weighted by molar-refractivity contribution is 0.0696. The van der Waals surface area contributed by atoms with E-state index in [2.05, 4.69) is 17.2 Å². The van der Waals surface area contributed by atoms with Crippen LogP contribution in [0.25, 0.3) is 0 Å². The van der Waals surface area contributed by atoms with Crippen LogP contribution in [0.15, 0.2) is 12.1 Å². The maximum Gasteiger partial charge on any atom is 0.335 e. The lowest BCUT2D eigenvalue weighted by atomic mass is 10.1. The molecule has 1 aromatic heterocycles. The van der Waals surface area contributed by atoms with Gasteiger partial charge in [0.25, 0.3) is 0 Å². The fraction of sp³-hybridized carbons (Fsp3) is 0.571. The van der Waals surface area contributed by atoms with Crippen molar-refractivity contribution in [3.05, 3.63) is 23.4 Å². The van der Waals surface area contributed by atoms with Crippen LogP contribution in [-0.4, -0.2) is 22.6 Å². The number of nitrogens with zero attached hydrogens (tertiary/aromatic N) is 1. The summed E-state index contributed by atoms with van der Waals surface area (Å²) in [5.74, 6) is 1.25. The summed E-state index contributed by atoms with van der Waals surface area (Å²) in [7, 11) is 0. The van der Waals surface area contributed by atoms with Crippen LogP contribution in [0.4, 0.5) is 5.82 Å². The molecule has 0 bridgehead atoms. The van der Waals surface area contributed by atoms with E-state index in [1.54, 1.807) is 12.1 Å². The molecule has 1 saturated carbocycles. The summed E-state index contributed by atoms with van der Waals surface area (Å²) >= 11 is 0. The zero-order chi connectivity index (χ0) is 13.1. The molecule has 1 aromatic rings. The van der Waals surface area contributed by atoms with E-state index in [9.17, 15) is 4.79 Å². The van der Waals surface area contributed by atoms with Gasteiger partial charge in [0, 0.05) is 12.2 Å². The van der Waals surface area contributed by atoms with Crippen molar-refractivity contribution in [1.29, 1.82) is 0 Å². The van der Waals surface area contributed by atoms with E-state index >= 15 is 0 Å². The topological polar surface area (TPSA) is 62.2 Å². The molecular formula is C14H20N2O2. The molecule has 18 heavy (non-hydrogen) atoms. The Bertz CT molecular complexity index is 441. The number of aromatic nitrogens is 1. The van der Waals surface area contributed by atoms with Crippen molar-refractivity contribution in [3.8, 4) is 0 Å². The van der Waals surface area contributed by atoms with Gasteiger partial charge in [-0.2, -0.15) is 0 Å². The van der Waals surface area contributed by atoms with E-state index in [1.165, 1.54) is 12.8 Å². The van der Waals surface area contributed by atoms with Crippen molar-refractivity contribution in [2.75, 3.05) is 11.9 Å². The number of hydrogen-bond donors (Lipinski definition) is 2. The predicted molar refractivity (Wildman–Crippen MR) is 71.0 cm³/mol. The Hall–Kier alpha value is -1.58. The van der Waals surface area contributed by atoms with E-state index in [0.717, 1.165) is 24.6 Å². The standard InChI is InChI=1S/C14H20N2O2/c1-3-12-6-11(14(17)18)7-13(16-12)15-8-9(2)10-4-5-10/h6-7,9-10H,3-5,8H2,1-2H3,(H,15,16)(H,17,18). The predicted octanol–water partition coefficient (Wildman–Crippen LogP) is 2.80. The molecule has 4 nitrogen and oxygen atoms in total. The Kier molecular flexibility index (Phi) is 3.84. The highest BCUT2D eigenvalue weighted by atomic mass is 16.4. The third-order valence-electron chi connectivity index (χ3n) is 3.52. The van der Waals surface area contributed by atoms with Crippen molar-refractivity contribution in [3.63, 3.8) is 0 Å². The molecular weight excluding hydrogens is 228 g/mol. The zero-order valence-electron chi connectivity index (χ0n) is 10.9. The summed E-state index contributed by atoms with van der Waals surface area (Å²) in [5.41, 5.74) is 1.12. The number of carboxylic acids is 1. The third-order valence-corrected chi connectivity index (χ3v) is 3.52. The molecule has 1 heterocycles. The van der Waals surface area contributed by atoms with Gasteiger partial charge in [0.2, 0.25) is 0 Å². The zero-order valence-corrected chi connectivity index (χ0v) is 10.9. The van der Waals surface area contributed by atoms with Crippen LogP contribution >= 0.6 is 0 Å². The van der Waals surface area contributed by atoms with Gasteiger partial charge < -0.3 is 10.4 Å². The molecule has 2 N–H and O–H groups in total. The van der Waals surface area contributed by atoms with Crippen molar-refractivity contribution >= 4 is 11.8 Å². The molecule has 4 heteroatoms. The maximum absolute atomic E-state index is 11.0. The first-order valence-corrected chi connectivity index (χ1v) is 6.58. The molecule has 1 aliphatic rings. The highest BCUT2D eigenvalue weighted by Gasteiger charge is 2.27. The van der Waals surface area contributed by atoms with Gasteiger partial charge in [0.1, 0.15) is 5.82 Å². The molecule has 1 unspecified atom stereocenters. The second-order valence-corrected chi connectivity index (χ2v) is 5.09. The van der Waals surface area contributed by atoms with Gasteiger partial charge in [-0.15, -0.1) is 0 Å². The quantitative estimate of drug-likeness (QED) is 0.812. The van der Waals surface area contributed by atoms with E-state index in [4.69, 9.17) is 5.11 Å². The number of carbonyl (C=O) groups is 1. The summed E-state index contributed by atoms with van der Waals surface area (Å²) in [6.45, 7) is 5.07. The van der Waals surface area contributed by atoms with E-state index < -0.39 is 5.97 Å². The number of carboxylic acid groups (broad SMARTS) is 1. The lowest BCUT2D eigenvalue weighted by Crippen LogP contribution is -2.14. The van der Waals surface area contributed by atoms with E-state index in [0.29, 0.717) is 17.3 Å². The van der Waals surface area contributed by atoms with Crippen LogP contribution < -0.4 is 5.32 Å². The van der Waals surface area contributed by atoms with E-state index in [1.807, 2.05) is 6.92 Å². The summed E-state index contributed by atoms with van der Waals surface area (Å²) in [6, 6.07) is 3.25. The Morgan fingerprint density at radius 2 is 2.28 bits per heavy atom. The van der Waals surface area contributed by atoms with Crippen molar-refractivity contribution < 1.29 is 9.90 Å². The van der Waals surface area contributed by atoms with Crippen LogP contribution in [0.3, 0.4) is 0 Å². The number of hydrogen-bond acceptors (Lipinski definition) is 3. The summed E-state index contributed by atoms with van der Waals surface area (Å²) in [6.07, 6.45) is 3.39. The van der Waals surface area contributed by atoms with Gasteiger partial charge >= 0.3 is 5.97 Å². The summed E-state index contributed by atoms with van der Waals surface area (Å²) in [4.78, 5) is 15.4. The fourth-order valence-electron chi connectivity index (χ4n) is 2.08. The van der Waals surface area contributed by atoms with E-state index in [-0.39, 0.29) is 0 Å². The SMILES string of the molecule is CCc1cc(C(=O)O)cc(NCC(C)C2CC2)n1. The minimum Gasteiger partial charge on any atom is -0.478 e. The van der Waals surface area contributed by atoms with Gasteiger partial charge in [-0.25, -0.2) is 9.78 Å². The second-order valence-electron chi connectivity index (χ2n) is 5.09. The molecule has 0 spiro atoms.